The zero-order chi connectivity index (χ0) is 22.9. The van der Waals surface area contributed by atoms with E-state index in [1.54, 1.807) is 34.3 Å². The highest BCUT2D eigenvalue weighted by atomic mass is 19.1. The van der Waals surface area contributed by atoms with Crippen LogP contribution in [0.5, 0.6) is 0 Å². The van der Waals surface area contributed by atoms with Crippen LogP contribution in [-0.4, -0.2) is 57.4 Å². The van der Waals surface area contributed by atoms with E-state index in [1.165, 1.54) is 16.9 Å². The van der Waals surface area contributed by atoms with Crippen molar-refractivity contribution in [3.05, 3.63) is 66.1 Å². The van der Waals surface area contributed by atoms with E-state index in [1.807, 2.05) is 6.92 Å². The first-order valence-corrected chi connectivity index (χ1v) is 10.6. The van der Waals surface area contributed by atoms with Crippen LogP contribution in [0.3, 0.4) is 0 Å². The molecule has 0 radical (unpaired) electrons. The Morgan fingerprint density at radius 1 is 1.27 bits per heavy atom. The summed E-state index contributed by atoms with van der Waals surface area (Å²) in [5.41, 5.74) is 0.962. The Morgan fingerprint density at radius 2 is 2.15 bits per heavy atom. The topological polar surface area (TPSA) is 90.2 Å². The Hall–Kier alpha value is -3.86. The second-order valence-corrected chi connectivity index (χ2v) is 7.93. The number of nitrogens with one attached hydrogen (secondary N) is 2. The quantitative estimate of drug-likeness (QED) is 0.638. The van der Waals surface area contributed by atoms with E-state index in [-0.39, 0.29) is 17.6 Å². The van der Waals surface area contributed by atoms with Crippen molar-refractivity contribution in [1.82, 2.24) is 24.8 Å². The summed E-state index contributed by atoms with van der Waals surface area (Å²) in [7, 11) is 0. The molecule has 9 nitrogen and oxygen atoms in total. The van der Waals surface area contributed by atoms with Crippen molar-refractivity contribution in [1.29, 1.82) is 0 Å². The van der Waals surface area contributed by atoms with Crippen molar-refractivity contribution in [3.8, 4) is 0 Å². The molecule has 2 aliphatic rings. The molecular weight excluding hydrogens is 430 g/mol. The normalized spacial score (nSPS) is 20.5. The van der Waals surface area contributed by atoms with Crippen LogP contribution >= 0.6 is 0 Å². The van der Waals surface area contributed by atoms with Crippen LogP contribution in [0, 0.1) is 11.6 Å². The molecule has 1 saturated heterocycles. The Morgan fingerprint density at radius 3 is 3.00 bits per heavy atom. The first-order valence-electron chi connectivity index (χ1n) is 10.6. The first kappa shape index (κ1) is 21.0. The molecule has 2 atom stereocenters. The maximum Gasteiger partial charge on any atom is 0.322 e. The lowest BCUT2D eigenvalue weighted by atomic mass is 10.1. The summed E-state index contributed by atoms with van der Waals surface area (Å²) in [5, 5.41) is 10.4. The number of halogens is 2. The predicted molar refractivity (Wildman–Crippen MR) is 120 cm³/mol. The van der Waals surface area contributed by atoms with Gasteiger partial charge in [-0.1, -0.05) is 0 Å². The number of aromatic nitrogens is 3. The maximum absolute atomic E-state index is 14.5. The number of allylic oxidation sites excluding steroid dienone is 1. The smallest absolute Gasteiger partial charge is 0.322 e. The van der Waals surface area contributed by atoms with Gasteiger partial charge < -0.3 is 20.4 Å². The highest BCUT2D eigenvalue weighted by Crippen LogP contribution is 2.32. The average molecular weight is 452 g/mol. The van der Waals surface area contributed by atoms with Crippen molar-refractivity contribution in [2.24, 2.45) is 4.99 Å². The number of fused-ring (bicyclic) bond motifs is 1. The Balaban J connectivity index is 1.45. The number of rotatable bonds is 3. The van der Waals surface area contributed by atoms with Gasteiger partial charge in [-0.05, 0) is 37.3 Å². The summed E-state index contributed by atoms with van der Waals surface area (Å²) in [5.74, 6) is -0.680. The van der Waals surface area contributed by atoms with E-state index >= 15 is 0 Å². The molecule has 11 heteroatoms. The molecule has 4 heterocycles. The number of amides is 2. The van der Waals surface area contributed by atoms with Gasteiger partial charge in [0.25, 0.3) is 0 Å². The summed E-state index contributed by atoms with van der Waals surface area (Å²) in [6.45, 7) is 3.95. The minimum Gasteiger partial charge on any atom is -0.322 e. The molecule has 0 saturated carbocycles. The number of piperazine rings is 1. The van der Waals surface area contributed by atoms with Crippen molar-refractivity contribution in [2.45, 2.75) is 19.1 Å². The number of aliphatic imine (C=N–C) groups is 1. The molecule has 0 spiro atoms. The highest BCUT2D eigenvalue weighted by Gasteiger charge is 2.26. The molecule has 1 fully saturated rings. The average Bonchev–Trinajstić information content (AvgIpc) is 3.22. The van der Waals surface area contributed by atoms with E-state index in [2.05, 4.69) is 25.7 Å². The van der Waals surface area contributed by atoms with E-state index in [0.29, 0.717) is 30.2 Å². The van der Waals surface area contributed by atoms with E-state index in [9.17, 15) is 13.6 Å². The third-order valence-electron chi connectivity index (χ3n) is 5.58. The molecule has 0 aliphatic carbocycles. The molecule has 170 valence electrons. The zero-order valence-electron chi connectivity index (χ0n) is 17.8. The maximum atomic E-state index is 14.5. The summed E-state index contributed by atoms with van der Waals surface area (Å²) in [6, 6.07) is 4.95. The fourth-order valence-corrected chi connectivity index (χ4v) is 3.96. The lowest BCUT2D eigenvalue weighted by Crippen LogP contribution is -2.52. The number of benzene rings is 1. The molecule has 0 bridgehead atoms. The van der Waals surface area contributed by atoms with Crippen LogP contribution in [-0.2, 0) is 0 Å². The molecule has 2 aromatic heterocycles. The number of anilines is 2. The number of hydrogen-bond donors (Lipinski definition) is 2. The van der Waals surface area contributed by atoms with Crippen molar-refractivity contribution in [3.63, 3.8) is 0 Å². The van der Waals surface area contributed by atoms with Gasteiger partial charge in [0.2, 0.25) is 0 Å². The largest absolute Gasteiger partial charge is 0.322 e. The standard InChI is InChI=1S/C22H22F2N8O/c1-14-13-30(10-7-25-14)22(33)28-18-12-27-32-9-5-19(29-21(18)32)31-8-2-6-26-20(31)16-11-15(23)3-4-17(16)24/h2-6,8-9,11-12,14,20,25H,7,10,13H2,1H3,(H,28,33)/t14-,20+/m0/s1. The number of urea groups is 1. The number of carbonyl (C=O) groups is 1. The van der Waals surface area contributed by atoms with Crippen LogP contribution in [0.25, 0.3) is 5.65 Å². The second kappa shape index (κ2) is 8.58. The van der Waals surface area contributed by atoms with Crippen LogP contribution in [0.1, 0.15) is 18.7 Å². The van der Waals surface area contributed by atoms with Crippen LogP contribution < -0.4 is 15.5 Å². The van der Waals surface area contributed by atoms with Gasteiger partial charge in [-0.2, -0.15) is 5.10 Å². The molecule has 1 aromatic carbocycles. The van der Waals surface area contributed by atoms with Gasteiger partial charge >= 0.3 is 6.03 Å². The minimum atomic E-state index is -0.830. The number of carbonyl (C=O) groups excluding carboxylic acids is 1. The fourth-order valence-electron chi connectivity index (χ4n) is 3.96. The summed E-state index contributed by atoms with van der Waals surface area (Å²) in [6.07, 6.45) is 7.30. The molecular formula is C22H22F2N8O. The lowest BCUT2D eigenvalue weighted by Gasteiger charge is -2.31. The third kappa shape index (κ3) is 4.14. The van der Waals surface area contributed by atoms with E-state index < -0.39 is 17.8 Å². The van der Waals surface area contributed by atoms with Gasteiger partial charge in [-0.25, -0.2) is 23.1 Å². The number of nitrogens with zero attached hydrogens (tertiary/aromatic N) is 6. The fraction of sp³-hybridized carbons (Fsp3) is 0.273. The molecule has 33 heavy (non-hydrogen) atoms. The van der Waals surface area contributed by atoms with Crippen LogP contribution in [0.4, 0.5) is 25.1 Å². The Labute approximate surface area is 188 Å². The summed E-state index contributed by atoms with van der Waals surface area (Å²) >= 11 is 0. The molecule has 2 aliphatic heterocycles. The van der Waals surface area contributed by atoms with Gasteiger partial charge in [-0.15, -0.1) is 0 Å². The third-order valence-corrected chi connectivity index (χ3v) is 5.58. The van der Waals surface area contributed by atoms with Crippen LogP contribution in [0.2, 0.25) is 0 Å². The number of hydrogen-bond acceptors (Lipinski definition) is 6. The SMILES string of the molecule is C[C@H]1CN(C(=O)Nc2cnn3ccc(N4C=CC=N[C@H]4c4cc(F)ccc4F)nc23)CCN1. The first-order chi connectivity index (χ1) is 16.0. The van der Waals surface area contributed by atoms with Crippen molar-refractivity contribution >= 4 is 29.4 Å². The molecule has 5 rings (SSSR count). The summed E-state index contributed by atoms with van der Waals surface area (Å²) < 4.78 is 29.8. The molecule has 0 unspecified atom stereocenters. The summed E-state index contributed by atoms with van der Waals surface area (Å²) in [4.78, 5) is 25.1. The highest BCUT2D eigenvalue weighted by molar-refractivity contribution is 5.93. The van der Waals surface area contributed by atoms with Gasteiger partial charge in [0.1, 0.15) is 23.1 Å². The second-order valence-electron chi connectivity index (χ2n) is 7.93. The predicted octanol–water partition coefficient (Wildman–Crippen LogP) is 2.94. The van der Waals surface area contributed by atoms with Crippen LogP contribution in [0.15, 0.2) is 53.9 Å². The van der Waals surface area contributed by atoms with Gasteiger partial charge in [0.05, 0.1) is 6.20 Å². The Kier molecular flexibility index (Phi) is 5.47. The Bertz CT molecular complexity index is 1260. The van der Waals surface area contributed by atoms with Gasteiger partial charge in [0.15, 0.2) is 11.8 Å². The molecule has 2 amide bonds. The van der Waals surface area contributed by atoms with E-state index in [4.69, 9.17) is 0 Å². The monoisotopic (exact) mass is 452 g/mol. The van der Waals surface area contributed by atoms with Crippen molar-refractivity contribution < 1.29 is 13.6 Å². The molecule has 2 N–H and O–H groups in total. The minimum absolute atomic E-state index is 0.0899. The zero-order valence-corrected chi connectivity index (χ0v) is 17.8. The molecule has 3 aromatic rings. The lowest BCUT2D eigenvalue weighted by molar-refractivity contribution is 0.192. The van der Waals surface area contributed by atoms with Gasteiger partial charge in [-0.3, -0.25) is 4.99 Å². The van der Waals surface area contributed by atoms with E-state index in [0.717, 1.165) is 24.7 Å². The van der Waals surface area contributed by atoms with Gasteiger partial charge in [0, 0.05) is 49.9 Å². The van der Waals surface area contributed by atoms with Crippen molar-refractivity contribution in [2.75, 3.05) is 29.9 Å².